The predicted molar refractivity (Wildman–Crippen MR) is 151 cm³/mol. The van der Waals surface area contributed by atoms with Gasteiger partial charge >= 0.3 is 0 Å². The van der Waals surface area contributed by atoms with Crippen molar-refractivity contribution in [1.29, 1.82) is 0 Å². The molecule has 5 nitrogen and oxygen atoms in total. The van der Waals surface area contributed by atoms with E-state index in [1.54, 1.807) is 4.57 Å². The molecule has 3 aromatic carbocycles. The van der Waals surface area contributed by atoms with Gasteiger partial charge < -0.3 is 5.32 Å². The van der Waals surface area contributed by atoms with E-state index in [0.717, 1.165) is 38.5 Å². The molecular weight excluding hydrogens is 486 g/mol. The number of fused-ring (bicyclic) bond motifs is 1. The lowest BCUT2D eigenvalue weighted by molar-refractivity contribution is -0.113. The molecule has 0 aliphatic rings. The number of para-hydroxylation sites is 2. The number of nitrogens with zero attached hydrogens (tertiary/aromatic N) is 2. The molecule has 7 heteroatoms. The zero-order valence-electron chi connectivity index (χ0n) is 20.2. The number of thioether (sulfide) groups is 1. The molecule has 0 atom stereocenters. The minimum absolute atomic E-state index is 0.132. The molecule has 0 bridgehead atoms. The monoisotopic (exact) mass is 511 g/mol. The molecule has 0 spiro atoms. The number of thiophene rings is 1. The van der Waals surface area contributed by atoms with Gasteiger partial charge in [-0.25, -0.2) is 4.98 Å². The summed E-state index contributed by atoms with van der Waals surface area (Å²) in [5.74, 6) is -0.00671. The van der Waals surface area contributed by atoms with Crippen LogP contribution in [-0.4, -0.2) is 21.2 Å². The highest BCUT2D eigenvalue weighted by Crippen LogP contribution is 2.37. The number of aryl methyl sites for hydroxylation is 3. The van der Waals surface area contributed by atoms with Gasteiger partial charge in [-0.2, -0.15) is 0 Å². The van der Waals surface area contributed by atoms with E-state index >= 15 is 0 Å². The van der Waals surface area contributed by atoms with Crippen LogP contribution in [0, 0.1) is 20.8 Å². The van der Waals surface area contributed by atoms with Gasteiger partial charge in [0.05, 0.1) is 16.8 Å². The van der Waals surface area contributed by atoms with Crippen LogP contribution in [-0.2, 0) is 4.79 Å². The first-order chi connectivity index (χ1) is 17.4. The van der Waals surface area contributed by atoms with Gasteiger partial charge in [-0.05, 0) is 49.6 Å². The number of benzene rings is 3. The Labute approximate surface area is 217 Å². The molecule has 0 aliphatic carbocycles. The SMILES string of the molecule is Cc1cccc(C)c1NC(=O)CSc1nc2sc(C)c(-c3ccccc3)c2c(=O)n1-c1ccccc1. The largest absolute Gasteiger partial charge is 0.325 e. The minimum atomic E-state index is -0.140. The van der Waals surface area contributed by atoms with Gasteiger partial charge in [0.25, 0.3) is 5.56 Å². The van der Waals surface area contributed by atoms with Crippen molar-refractivity contribution in [2.24, 2.45) is 0 Å². The van der Waals surface area contributed by atoms with Crippen LogP contribution in [0.5, 0.6) is 0 Å². The summed E-state index contributed by atoms with van der Waals surface area (Å²) in [5.41, 5.74) is 5.35. The summed E-state index contributed by atoms with van der Waals surface area (Å²) < 4.78 is 1.62. The normalized spacial score (nSPS) is 11.1. The minimum Gasteiger partial charge on any atom is -0.325 e. The average Bonchev–Trinajstić information content (AvgIpc) is 3.22. The Morgan fingerprint density at radius 1 is 0.917 bits per heavy atom. The Bertz CT molecular complexity index is 1600. The first kappa shape index (κ1) is 24.0. The number of amides is 1. The second kappa shape index (κ2) is 10.1. The number of aromatic nitrogens is 2. The highest BCUT2D eigenvalue weighted by Gasteiger charge is 2.21. The lowest BCUT2D eigenvalue weighted by Crippen LogP contribution is -2.23. The number of hydrogen-bond acceptors (Lipinski definition) is 5. The van der Waals surface area contributed by atoms with Crippen molar-refractivity contribution in [1.82, 2.24) is 9.55 Å². The van der Waals surface area contributed by atoms with Gasteiger partial charge in [-0.1, -0.05) is 78.5 Å². The summed E-state index contributed by atoms with van der Waals surface area (Å²) in [5, 5.41) is 4.13. The molecule has 1 amide bonds. The molecule has 180 valence electrons. The number of anilines is 1. The maximum atomic E-state index is 14.0. The van der Waals surface area contributed by atoms with Crippen LogP contribution in [0.25, 0.3) is 27.0 Å². The van der Waals surface area contributed by atoms with Gasteiger partial charge in [0, 0.05) is 16.1 Å². The van der Waals surface area contributed by atoms with E-state index in [1.807, 2.05) is 99.6 Å². The van der Waals surface area contributed by atoms with Gasteiger partial charge in [0.1, 0.15) is 4.83 Å². The summed E-state index contributed by atoms with van der Waals surface area (Å²) >= 11 is 2.78. The van der Waals surface area contributed by atoms with E-state index in [4.69, 9.17) is 4.98 Å². The topological polar surface area (TPSA) is 64.0 Å². The van der Waals surface area contributed by atoms with Crippen molar-refractivity contribution in [2.45, 2.75) is 25.9 Å². The Hall–Kier alpha value is -3.68. The summed E-state index contributed by atoms with van der Waals surface area (Å²) in [7, 11) is 0. The molecule has 0 saturated carbocycles. The maximum Gasteiger partial charge on any atom is 0.268 e. The van der Waals surface area contributed by atoms with Crippen molar-refractivity contribution in [3.8, 4) is 16.8 Å². The van der Waals surface area contributed by atoms with Crippen molar-refractivity contribution in [3.05, 3.63) is 105 Å². The fraction of sp³-hybridized carbons (Fsp3) is 0.138. The average molecular weight is 512 g/mol. The van der Waals surface area contributed by atoms with Gasteiger partial charge in [-0.15, -0.1) is 11.3 Å². The second-order valence-electron chi connectivity index (χ2n) is 8.55. The molecular formula is C29H25N3O2S2. The van der Waals surface area contributed by atoms with Crippen molar-refractivity contribution in [2.75, 3.05) is 11.1 Å². The summed E-state index contributed by atoms with van der Waals surface area (Å²) in [6, 6.07) is 25.3. The second-order valence-corrected chi connectivity index (χ2v) is 10.7. The molecule has 0 fully saturated rings. The standard InChI is InChI=1S/C29H25N3O2S2/c1-18-11-10-12-19(2)26(18)30-23(33)17-35-29-31-27-25(28(34)32(29)22-15-8-5-9-16-22)24(20(3)36-27)21-13-6-4-7-14-21/h4-16H,17H2,1-3H3,(H,30,33). The van der Waals surface area contributed by atoms with E-state index in [1.165, 1.54) is 23.1 Å². The third-order valence-electron chi connectivity index (χ3n) is 6.03. The molecule has 2 heterocycles. The van der Waals surface area contributed by atoms with Crippen LogP contribution in [0.15, 0.2) is 88.8 Å². The third kappa shape index (κ3) is 4.59. The number of rotatable bonds is 6. The smallest absolute Gasteiger partial charge is 0.268 e. The summed E-state index contributed by atoms with van der Waals surface area (Å²) in [6.07, 6.45) is 0. The van der Waals surface area contributed by atoms with Crippen LogP contribution in [0.1, 0.15) is 16.0 Å². The van der Waals surface area contributed by atoms with Crippen LogP contribution in [0.2, 0.25) is 0 Å². The van der Waals surface area contributed by atoms with Crippen LogP contribution in [0.3, 0.4) is 0 Å². The Balaban J connectivity index is 1.57. The van der Waals surface area contributed by atoms with E-state index < -0.39 is 0 Å². The predicted octanol–water partition coefficient (Wildman–Crippen LogP) is 6.77. The molecule has 5 aromatic rings. The van der Waals surface area contributed by atoms with Gasteiger partial charge in [0.15, 0.2) is 5.16 Å². The molecule has 1 N–H and O–H groups in total. The lowest BCUT2D eigenvalue weighted by atomic mass is 10.0. The number of hydrogen-bond donors (Lipinski definition) is 1. The zero-order valence-corrected chi connectivity index (χ0v) is 21.9. The van der Waals surface area contributed by atoms with Crippen molar-refractivity contribution in [3.63, 3.8) is 0 Å². The number of nitrogens with one attached hydrogen (secondary N) is 1. The highest BCUT2D eigenvalue weighted by molar-refractivity contribution is 7.99. The zero-order chi connectivity index (χ0) is 25.2. The van der Waals surface area contributed by atoms with E-state index in [2.05, 4.69) is 5.32 Å². The molecule has 0 radical (unpaired) electrons. The first-order valence-electron chi connectivity index (χ1n) is 11.6. The van der Waals surface area contributed by atoms with Gasteiger partial charge in [-0.3, -0.25) is 14.2 Å². The first-order valence-corrected chi connectivity index (χ1v) is 13.4. The molecule has 5 rings (SSSR count). The van der Waals surface area contributed by atoms with Gasteiger partial charge in [0.2, 0.25) is 5.91 Å². The Morgan fingerprint density at radius 2 is 1.56 bits per heavy atom. The maximum absolute atomic E-state index is 14.0. The summed E-state index contributed by atoms with van der Waals surface area (Å²) in [4.78, 5) is 33.5. The van der Waals surface area contributed by atoms with Crippen LogP contribution < -0.4 is 10.9 Å². The van der Waals surface area contributed by atoms with E-state index in [9.17, 15) is 9.59 Å². The molecule has 0 saturated heterocycles. The number of carbonyl (C=O) groups excluding carboxylic acids is 1. The highest BCUT2D eigenvalue weighted by atomic mass is 32.2. The summed E-state index contributed by atoms with van der Waals surface area (Å²) in [6.45, 7) is 5.97. The van der Waals surface area contributed by atoms with Crippen molar-refractivity contribution < 1.29 is 4.79 Å². The lowest BCUT2D eigenvalue weighted by Gasteiger charge is -2.14. The van der Waals surface area contributed by atoms with Crippen molar-refractivity contribution >= 4 is 44.9 Å². The number of carbonyl (C=O) groups is 1. The van der Waals surface area contributed by atoms with E-state index in [-0.39, 0.29) is 17.2 Å². The Kier molecular flexibility index (Phi) is 6.76. The molecule has 0 aliphatic heterocycles. The molecule has 0 unspecified atom stereocenters. The Morgan fingerprint density at radius 3 is 2.22 bits per heavy atom. The van der Waals surface area contributed by atoms with Crippen LogP contribution in [0.4, 0.5) is 5.69 Å². The molecule has 36 heavy (non-hydrogen) atoms. The van der Waals surface area contributed by atoms with Crippen LogP contribution >= 0.6 is 23.1 Å². The quantitative estimate of drug-likeness (QED) is 0.202. The fourth-order valence-corrected chi connectivity index (χ4v) is 6.21. The fourth-order valence-electron chi connectivity index (χ4n) is 4.31. The third-order valence-corrected chi connectivity index (χ3v) is 7.96. The van der Waals surface area contributed by atoms with E-state index in [0.29, 0.717) is 15.4 Å². The molecule has 2 aromatic heterocycles.